The Hall–Kier alpha value is -0.830. The van der Waals surface area contributed by atoms with Gasteiger partial charge in [0.1, 0.15) is 6.10 Å². The van der Waals surface area contributed by atoms with Crippen molar-refractivity contribution in [3.8, 4) is 0 Å². The summed E-state index contributed by atoms with van der Waals surface area (Å²) in [7, 11) is 1.52. The second kappa shape index (κ2) is 2.84. The fourth-order valence-electron chi connectivity index (χ4n) is 0.909. The number of rotatable bonds is 1. The Morgan fingerprint density at radius 1 is 1.80 bits per heavy atom. The molecule has 10 heavy (non-hydrogen) atoms. The van der Waals surface area contributed by atoms with Gasteiger partial charge in [-0.1, -0.05) is 0 Å². The molecule has 1 aliphatic rings. The van der Waals surface area contributed by atoms with E-state index in [1.165, 1.54) is 13.2 Å². The summed E-state index contributed by atoms with van der Waals surface area (Å²) >= 11 is 0. The molecule has 0 unspecified atom stereocenters. The molecule has 0 aromatic rings. The van der Waals surface area contributed by atoms with Crippen molar-refractivity contribution >= 4 is 5.78 Å². The molecule has 1 N–H and O–H groups in total. The average molecular weight is 142 g/mol. The van der Waals surface area contributed by atoms with Crippen LogP contribution in [0.15, 0.2) is 11.8 Å². The summed E-state index contributed by atoms with van der Waals surface area (Å²) in [6, 6.07) is 0. The molecular formula is C7H10O3. The van der Waals surface area contributed by atoms with Crippen LogP contribution in [0.25, 0.3) is 0 Å². The lowest BCUT2D eigenvalue weighted by Crippen LogP contribution is -2.22. The third-order valence-corrected chi connectivity index (χ3v) is 1.56. The highest BCUT2D eigenvalue weighted by molar-refractivity contribution is 5.94. The van der Waals surface area contributed by atoms with E-state index in [4.69, 9.17) is 9.84 Å². The van der Waals surface area contributed by atoms with Crippen molar-refractivity contribution in [1.29, 1.82) is 0 Å². The molecule has 0 fully saturated rings. The quantitative estimate of drug-likeness (QED) is 0.570. The molecule has 0 amide bonds. The van der Waals surface area contributed by atoms with E-state index in [9.17, 15) is 4.79 Å². The SMILES string of the molecule is COC1=CC(=O)[C@@H](O)CC1. The first-order chi connectivity index (χ1) is 4.74. The second-order valence-electron chi connectivity index (χ2n) is 2.27. The first-order valence-electron chi connectivity index (χ1n) is 3.20. The van der Waals surface area contributed by atoms with E-state index in [0.29, 0.717) is 18.6 Å². The van der Waals surface area contributed by atoms with Gasteiger partial charge >= 0.3 is 0 Å². The van der Waals surface area contributed by atoms with Crippen molar-refractivity contribution in [3.05, 3.63) is 11.8 Å². The number of aliphatic hydroxyl groups excluding tert-OH is 1. The van der Waals surface area contributed by atoms with E-state index >= 15 is 0 Å². The summed E-state index contributed by atoms with van der Waals surface area (Å²) in [4.78, 5) is 10.8. The Morgan fingerprint density at radius 3 is 3.00 bits per heavy atom. The minimum absolute atomic E-state index is 0.247. The minimum Gasteiger partial charge on any atom is -0.501 e. The Bertz CT molecular complexity index is 172. The van der Waals surface area contributed by atoms with Crippen LogP contribution < -0.4 is 0 Å². The number of hydrogen-bond acceptors (Lipinski definition) is 3. The molecule has 0 spiro atoms. The van der Waals surface area contributed by atoms with Crippen LogP contribution >= 0.6 is 0 Å². The summed E-state index contributed by atoms with van der Waals surface area (Å²) in [6.07, 6.45) is 1.69. The number of methoxy groups -OCH3 is 1. The molecule has 0 radical (unpaired) electrons. The lowest BCUT2D eigenvalue weighted by molar-refractivity contribution is -0.123. The zero-order chi connectivity index (χ0) is 7.56. The lowest BCUT2D eigenvalue weighted by atomic mass is 10.0. The number of carbonyl (C=O) groups excluding carboxylic acids is 1. The van der Waals surface area contributed by atoms with Crippen LogP contribution in [0.4, 0.5) is 0 Å². The molecule has 1 aliphatic carbocycles. The van der Waals surface area contributed by atoms with Crippen LogP contribution in [0.2, 0.25) is 0 Å². The Morgan fingerprint density at radius 2 is 2.50 bits per heavy atom. The van der Waals surface area contributed by atoms with Gasteiger partial charge in [-0.25, -0.2) is 0 Å². The average Bonchev–Trinajstić information content (AvgIpc) is 1.95. The summed E-state index contributed by atoms with van der Waals surface area (Å²) < 4.78 is 4.84. The van der Waals surface area contributed by atoms with Gasteiger partial charge in [-0.2, -0.15) is 0 Å². The van der Waals surface area contributed by atoms with Crippen molar-refractivity contribution < 1.29 is 14.6 Å². The van der Waals surface area contributed by atoms with E-state index in [2.05, 4.69) is 0 Å². The maximum atomic E-state index is 10.8. The van der Waals surface area contributed by atoms with Crippen LogP contribution in [0.3, 0.4) is 0 Å². The maximum Gasteiger partial charge on any atom is 0.187 e. The van der Waals surface area contributed by atoms with Crippen molar-refractivity contribution in [2.75, 3.05) is 7.11 Å². The molecule has 0 aliphatic heterocycles. The molecule has 3 nitrogen and oxygen atoms in total. The van der Waals surface area contributed by atoms with Gasteiger partial charge in [-0.15, -0.1) is 0 Å². The molecule has 0 aromatic heterocycles. The van der Waals surface area contributed by atoms with Crippen LogP contribution in [0.5, 0.6) is 0 Å². The van der Waals surface area contributed by atoms with Crippen LogP contribution in [0.1, 0.15) is 12.8 Å². The van der Waals surface area contributed by atoms with Crippen LogP contribution in [-0.4, -0.2) is 24.1 Å². The van der Waals surface area contributed by atoms with Gasteiger partial charge in [0.25, 0.3) is 0 Å². The standard InChI is InChI=1S/C7H10O3/c1-10-5-2-3-6(8)7(9)4-5/h4,6,8H,2-3H2,1H3/t6-/m0/s1. The Labute approximate surface area is 59.3 Å². The summed E-state index contributed by atoms with van der Waals surface area (Å²) in [6.45, 7) is 0. The maximum absolute atomic E-state index is 10.8. The van der Waals surface area contributed by atoms with E-state index in [0.717, 1.165) is 0 Å². The first kappa shape index (κ1) is 7.28. The lowest BCUT2D eigenvalue weighted by Gasteiger charge is -2.14. The van der Waals surface area contributed by atoms with E-state index in [1.54, 1.807) is 0 Å². The fraction of sp³-hybridized carbons (Fsp3) is 0.571. The molecule has 0 bridgehead atoms. The zero-order valence-corrected chi connectivity index (χ0v) is 5.83. The normalized spacial score (nSPS) is 26.0. The van der Waals surface area contributed by atoms with Crippen LogP contribution in [0, 0.1) is 0 Å². The Kier molecular flexibility index (Phi) is 2.06. The highest BCUT2D eigenvalue weighted by Crippen LogP contribution is 2.15. The number of allylic oxidation sites excluding steroid dienone is 1. The van der Waals surface area contributed by atoms with Gasteiger partial charge in [0.15, 0.2) is 5.78 Å². The Balaban J connectivity index is 2.66. The second-order valence-corrected chi connectivity index (χ2v) is 2.27. The smallest absolute Gasteiger partial charge is 0.187 e. The molecule has 0 saturated carbocycles. The first-order valence-corrected chi connectivity index (χ1v) is 3.20. The van der Waals surface area contributed by atoms with Crippen molar-refractivity contribution in [2.45, 2.75) is 18.9 Å². The number of ketones is 1. The molecule has 0 aromatic carbocycles. The van der Waals surface area contributed by atoms with E-state index < -0.39 is 6.10 Å². The number of aliphatic hydroxyl groups is 1. The minimum atomic E-state index is -0.807. The number of carbonyl (C=O) groups is 1. The summed E-state index contributed by atoms with van der Waals surface area (Å²) in [5, 5.41) is 8.94. The molecule has 1 rings (SSSR count). The third kappa shape index (κ3) is 1.36. The highest BCUT2D eigenvalue weighted by Gasteiger charge is 2.19. The summed E-state index contributed by atoms with van der Waals surface area (Å²) in [5.41, 5.74) is 0. The van der Waals surface area contributed by atoms with Gasteiger partial charge in [0, 0.05) is 12.5 Å². The monoisotopic (exact) mass is 142 g/mol. The highest BCUT2D eigenvalue weighted by atomic mass is 16.5. The van der Waals surface area contributed by atoms with Gasteiger partial charge in [-0.05, 0) is 6.42 Å². The molecule has 1 atom stereocenters. The van der Waals surface area contributed by atoms with Gasteiger partial charge < -0.3 is 9.84 Å². The van der Waals surface area contributed by atoms with E-state index in [1.807, 2.05) is 0 Å². The fourth-order valence-corrected chi connectivity index (χ4v) is 0.909. The summed E-state index contributed by atoms with van der Waals surface area (Å²) in [5.74, 6) is 0.415. The third-order valence-electron chi connectivity index (χ3n) is 1.56. The molecule has 3 heteroatoms. The van der Waals surface area contributed by atoms with Crippen LogP contribution in [-0.2, 0) is 9.53 Å². The molecular weight excluding hydrogens is 132 g/mol. The topological polar surface area (TPSA) is 46.5 Å². The van der Waals surface area contributed by atoms with Gasteiger partial charge in [0.05, 0.1) is 12.9 Å². The van der Waals surface area contributed by atoms with Crippen molar-refractivity contribution in [3.63, 3.8) is 0 Å². The predicted octanol–water partition coefficient (Wildman–Crippen LogP) is 0.240. The van der Waals surface area contributed by atoms with E-state index in [-0.39, 0.29) is 5.78 Å². The van der Waals surface area contributed by atoms with Gasteiger partial charge in [0.2, 0.25) is 0 Å². The number of ether oxygens (including phenoxy) is 1. The molecule has 0 heterocycles. The van der Waals surface area contributed by atoms with Gasteiger partial charge in [-0.3, -0.25) is 4.79 Å². The number of hydrogen-bond donors (Lipinski definition) is 1. The largest absolute Gasteiger partial charge is 0.501 e. The van der Waals surface area contributed by atoms with Crippen molar-refractivity contribution in [2.24, 2.45) is 0 Å². The predicted molar refractivity (Wildman–Crippen MR) is 35.3 cm³/mol. The van der Waals surface area contributed by atoms with Crippen molar-refractivity contribution in [1.82, 2.24) is 0 Å². The molecule has 56 valence electrons. The molecule has 0 saturated heterocycles. The zero-order valence-electron chi connectivity index (χ0n) is 5.83.